The van der Waals surface area contributed by atoms with E-state index in [0.717, 1.165) is 21.2 Å². The second-order valence-electron chi connectivity index (χ2n) is 4.22. The highest BCUT2D eigenvalue weighted by atomic mass is 79.9. The van der Waals surface area contributed by atoms with E-state index in [9.17, 15) is 0 Å². The molecule has 0 saturated heterocycles. The minimum atomic E-state index is 0.422. The summed E-state index contributed by atoms with van der Waals surface area (Å²) < 4.78 is 8.66. The standard InChI is InChI=1S/C14H12BrN3O/c1-18-8-12(15)11-5-6-13(17-14(11)18)19-9-10-4-2-3-7-16-10/h2-8H,9H2,1H3. The average molecular weight is 318 g/mol. The van der Waals surface area contributed by atoms with E-state index in [-0.39, 0.29) is 0 Å². The van der Waals surface area contributed by atoms with Gasteiger partial charge in [0.25, 0.3) is 0 Å². The molecule has 0 radical (unpaired) electrons. The lowest BCUT2D eigenvalue weighted by molar-refractivity contribution is 0.290. The summed E-state index contributed by atoms with van der Waals surface area (Å²) in [5.41, 5.74) is 1.78. The molecule has 4 nitrogen and oxygen atoms in total. The van der Waals surface area contributed by atoms with Crippen molar-refractivity contribution in [3.05, 3.63) is 52.9 Å². The number of nitrogens with zero attached hydrogens (tertiary/aromatic N) is 3. The number of ether oxygens (including phenoxy) is 1. The van der Waals surface area contributed by atoms with Gasteiger partial charge in [-0.3, -0.25) is 4.98 Å². The van der Waals surface area contributed by atoms with E-state index >= 15 is 0 Å². The number of aryl methyl sites for hydroxylation is 1. The number of pyridine rings is 2. The Morgan fingerprint density at radius 1 is 1.26 bits per heavy atom. The van der Waals surface area contributed by atoms with Gasteiger partial charge in [-0.05, 0) is 34.1 Å². The van der Waals surface area contributed by atoms with Gasteiger partial charge in [-0.1, -0.05) is 6.07 Å². The predicted molar refractivity (Wildman–Crippen MR) is 77.0 cm³/mol. The lowest BCUT2D eigenvalue weighted by Crippen LogP contribution is -1.99. The van der Waals surface area contributed by atoms with Crippen molar-refractivity contribution in [1.82, 2.24) is 14.5 Å². The summed E-state index contributed by atoms with van der Waals surface area (Å²) >= 11 is 3.51. The van der Waals surface area contributed by atoms with Crippen LogP contribution in [0.15, 0.2) is 47.2 Å². The molecule has 3 aromatic heterocycles. The fourth-order valence-electron chi connectivity index (χ4n) is 1.90. The van der Waals surface area contributed by atoms with Crippen LogP contribution < -0.4 is 4.74 Å². The van der Waals surface area contributed by atoms with E-state index in [1.165, 1.54) is 0 Å². The van der Waals surface area contributed by atoms with Gasteiger partial charge >= 0.3 is 0 Å². The number of aromatic nitrogens is 3. The largest absolute Gasteiger partial charge is 0.471 e. The fraction of sp³-hybridized carbons (Fsp3) is 0.143. The van der Waals surface area contributed by atoms with Gasteiger partial charge in [0.15, 0.2) is 0 Å². The van der Waals surface area contributed by atoms with Crippen LogP contribution in [-0.2, 0) is 13.7 Å². The van der Waals surface area contributed by atoms with Crippen molar-refractivity contribution in [2.75, 3.05) is 0 Å². The Kier molecular flexibility index (Phi) is 3.21. The summed E-state index contributed by atoms with van der Waals surface area (Å²) in [6.45, 7) is 0.422. The monoisotopic (exact) mass is 317 g/mol. The molecule has 0 aliphatic rings. The summed E-state index contributed by atoms with van der Waals surface area (Å²) in [5.74, 6) is 0.604. The summed E-state index contributed by atoms with van der Waals surface area (Å²) in [7, 11) is 1.96. The molecule has 0 atom stereocenters. The first-order valence-electron chi connectivity index (χ1n) is 5.88. The molecule has 0 spiro atoms. The number of halogens is 1. The predicted octanol–water partition coefficient (Wildman–Crippen LogP) is 3.31. The molecule has 96 valence electrons. The van der Waals surface area contributed by atoms with E-state index < -0.39 is 0 Å². The first kappa shape index (κ1) is 12.2. The smallest absolute Gasteiger partial charge is 0.215 e. The van der Waals surface area contributed by atoms with Crippen LogP contribution in [0.25, 0.3) is 11.0 Å². The number of hydrogen-bond donors (Lipinski definition) is 0. The third kappa shape index (κ3) is 2.46. The summed E-state index contributed by atoms with van der Waals surface area (Å²) in [6.07, 6.45) is 3.74. The molecule has 3 heterocycles. The van der Waals surface area contributed by atoms with E-state index in [0.29, 0.717) is 12.5 Å². The lowest BCUT2D eigenvalue weighted by Gasteiger charge is -2.05. The quantitative estimate of drug-likeness (QED) is 0.744. The summed E-state index contributed by atoms with van der Waals surface area (Å²) in [6, 6.07) is 9.62. The van der Waals surface area contributed by atoms with E-state index in [2.05, 4.69) is 25.9 Å². The van der Waals surface area contributed by atoms with Crippen LogP contribution in [0, 0.1) is 0 Å². The lowest BCUT2D eigenvalue weighted by atomic mass is 10.3. The Hall–Kier alpha value is -1.88. The minimum Gasteiger partial charge on any atom is -0.471 e. The highest BCUT2D eigenvalue weighted by Gasteiger charge is 2.07. The first-order valence-corrected chi connectivity index (χ1v) is 6.67. The molecular formula is C14H12BrN3O. The number of fused-ring (bicyclic) bond motifs is 1. The summed E-state index contributed by atoms with van der Waals surface area (Å²) in [5, 5.41) is 1.08. The van der Waals surface area contributed by atoms with E-state index in [1.54, 1.807) is 6.20 Å². The molecule has 19 heavy (non-hydrogen) atoms. The maximum absolute atomic E-state index is 5.66. The summed E-state index contributed by atoms with van der Waals surface area (Å²) in [4.78, 5) is 8.71. The van der Waals surface area contributed by atoms with Crippen LogP contribution in [0.5, 0.6) is 5.88 Å². The average Bonchev–Trinajstić information content (AvgIpc) is 2.73. The van der Waals surface area contributed by atoms with Crippen molar-refractivity contribution in [2.24, 2.45) is 7.05 Å². The van der Waals surface area contributed by atoms with Crippen molar-refractivity contribution >= 4 is 27.0 Å². The number of hydrogen-bond acceptors (Lipinski definition) is 3. The van der Waals surface area contributed by atoms with Gasteiger partial charge in [-0.15, -0.1) is 0 Å². The topological polar surface area (TPSA) is 39.9 Å². The highest BCUT2D eigenvalue weighted by Crippen LogP contribution is 2.26. The second kappa shape index (κ2) is 5.01. The fourth-order valence-corrected chi connectivity index (χ4v) is 2.52. The molecule has 0 aliphatic carbocycles. The Balaban J connectivity index is 1.84. The van der Waals surface area contributed by atoms with Crippen molar-refractivity contribution in [3.63, 3.8) is 0 Å². The SMILES string of the molecule is Cn1cc(Br)c2ccc(OCc3ccccn3)nc21. The van der Waals surface area contributed by atoms with E-state index in [1.807, 2.05) is 48.1 Å². The van der Waals surface area contributed by atoms with Crippen molar-refractivity contribution < 1.29 is 4.74 Å². The molecule has 0 N–H and O–H groups in total. The van der Waals surface area contributed by atoms with Gasteiger partial charge < -0.3 is 9.30 Å². The zero-order valence-electron chi connectivity index (χ0n) is 10.4. The molecule has 0 saturated carbocycles. The molecular weight excluding hydrogens is 306 g/mol. The van der Waals surface area contributed by atoms with Gasteiger partial charge in [0.1, 0.15) is 12.3 Å². The van der Waals surface area contributed by atoms with Crippen LogP contribution in [-0.4, -0.2) is 14.5 Å². The Labute approximate surface area is 119 Å². The zero-order chi connectivity index (χ0) is 13.2. The van der Waals surface area contributed by atoms with Crippen LogP contribution in [0.4, 0.5) is 0 Å². The zero-order valence-corrected chi connectivity index (χ0v) is 12.0. The van der Waals surface area contributed by atoms with Crippen LogP contribution in [0.3, 0.4) is 0 Å². The Morgan fingerprint density at radius 2 is 2.16 bits per heavy atom. The maximum atomic E-state index is 5.66. The van der Waals surface area contributed by atoms with Crippen molar-refractivity contribution in [2.45, 2.75) is 6.61 Å². The van der Waals surface area contributed by atoms with Crippen LogP contribution in [0.2, 0.25) is 0 Å². The minimum absolute atomic E-state index is 0.422. The molecule has 0 aromatic carbocycles. The molecule has 0 bridgehead atoms. The van der Waals surface area contributed by atoms with Gasteiger partial charge in [0.05, 0.1) is 5.69 Å². The molecule has 0 fully saturated rings. The second-order valence-corrected chi connectivity index (χ2v) is 5.07. The van der Waals surface area contributed by atoms with Crippen molar-refractivity contribution in [3.8, 4) is 5.88 Å². The Bertz CT molecular complexity index is 709. The van der Waals surface area contributed by atoms with Gasteiger partial charge in [-0.2, -0.15) is 4.98 Å². The van der Waals surface area contributed by atoms with Gasteiger partial charge in [0.2, 0.25) is 5.88 Å². The van der Waals surface area contributed by atoms with Crippen LogP contribution >= 0.6 is 15.9 Å². The van der Waals surface area contributed by atoms with E-state index in [4.69, 9.17) is 4.74 Å². The maximum Gasteiger partial charge on any atom is 0.215 e. The highest BCUT2D eigenvalue weighted by molar-refractivity contribution is 9.10. The third-order valence-corrected chi connectivity index (χ3v) is 3.47. The molecule has 3 aromatic rings. The normalized spacial score (nSPS) is 10.8. The molecule has 0 unspecified atom stereocenters. The molecule has 3 rings (SSSR count). The van der Waals surface area contributed by atoms with Crippen LogP contribution in [0.1, 0.15) is 5.69 Å². The molecule has 0 amide bonds. The number of rotatable bonds is 3. The third-order valence-electron chi connectivity index (χ3n) is 2.84. The Morgan fingerprint density at radius 3 is 2.95 bits per heavy atom. The van der Waals surface area contributed by atoms with Crippen molar-refractivity contribution in [1.29, 1.82) is 0 Å². The molecule has 0 aliphatic heterocycles. The molecule has 5 heteroatoms. The first-order chi connectivity index (χ1) is 9.24. The van der Waals surface area contributed by atoms with Gasteiger partial charge in [0, 0.05) is 35.4 Å². The van der Waals surface area contributed by atoms with Gasteiger partial charge in [-0.25, -0.2) is 0 Å².